The van der Waals surface area contributed by atoms with Crippen molar-refractivity contribution in [3.8, 4) is 0 Å². The molecule has 1 aliphatic heterocycles. The first kappa shape index (κ1) is 14.6. The molecule has 3 heteroatoms. The van der Waals surface area contributed by atoms with Crippen LogP contribution in [-0.4, -0.2) is 12.5 Å². The summed E-state index contributed by atoms with van der Waals surface area (Å²) in [6.45, 7) is 4.01. The lowest BCUT2D eigenvalue weighted by Gasteiger charge is -2.30. The summed E-state index contributed by atoms with van der Waals surface area (Å²) < 4.78 is 0. The topological polar surface area (TPSA) is 32.3 Å². The minimum absolute atomic E-state index is 0.0853. The molecule has 1 amide bonds. The van der Waals surface area contributed by atoms with Crippen molar-refractivity contribution in [1.82, 2.24) is 0 Å². The van der Waals surface area contributed by atoms with E-state index in [4.69, 9.17) is 0 Å². The summed E-state index contributed by atoms with van der Waals surface area (Å²) in [7, 11) is 0. The van der Waals surface area contributed by atoms with E-state index in [1.54, 1.807) is 0 Å². The average molecular weight is 294 g/mol. The van der Waals surface area contributed by atoms with Gasteiger partial charge in [-0.1, -0.05) is 31.2 Å². The van der Waals surface area contributed by atoms with Gasteiger partial charge in [-0.15, -0.1) is 0 Å². The number of nitrogens with zero attached hydrogens (tertiary/aromatic N) is 1. The van der Waals surface area contributed by atoms with Crippen LogP contribution >= 0.6 is 0 Å². The molecule has 3 rings (SSSR count). The van der Waals surface area contributed by atoms with Crippen molar-refractivity contribution in [1.29, 1.82) is 0 Å². The SMILES string of the molecule is CCCC(=O)Nc1ccc(N2CCc3ccccc3C2)cc1. The first-order valence-corrected chi connectivity index (χ1v) is 7.98. The molecule has 0 aliphatic carbocycles. The number of benzene rings is 2. The van der Waals surface area contributed by atoms with E-state index in [9.17, 15) is 4.79 Å². The van der Waals surface area contributed by atoms with Gasteiger partial charge in [0.15, 0.2) is 0 Å². The molecule has 0 saturated heterocycles. The van der Waals surface area contributed by atoms with Crippen LogP contribution in [0.3, 0.4) is 0 Å². The van der Waals surface area contributed by atoms with Gasteiger partial charge in [0.1, 0.15) is 0 Å². The van der Waals surface area contributed by atoms with Crippen molar-refractivity contribution in [3.05, 3.63) is 59.7 Å². The van der Waals surface area contributed by atoms with E-state index >= 15 is 0 Å². The van der Waals surface area contributed by atoms with Crippen molar-refractivity contribution in [3.63, 3.8) is 0 Å². The Labute approximate surface area is 132 Å². The van der Waals surface area contributed by atoms with Crippen LogP contribution in [0.4, 0.5) is 11.4 Å². The van der Waals surface area contributed by atoms with Crippen LogP contribution in [-0.2, 0) is 17.8 Å². The summed E-state index contributed by atoms with van der Waals surface area (Å²) in [4.78, 5) is 14.0. The number of nitrogens with one attached hydrogen (secondary N) is 1. The van der Waals surface area contributed by atoms with Gasteiger partial charge in [0.25, 0.3) is 0 Å². The number of rotatable bonds is 4. The number of carbonyl (C=O) groups is 1. The Balaban J connectivity index is 1.68. The van der Waals surface area contributed by atoms with Crippen molar-refractivity contribution in [2.24, 2.45) is 0 Å². The zero-order valence-electron chi connectivity index (χ0n) is 13.0. The summed E-state index contributed by atoms with van der Waals surface area (Å²) in [6, 6.07) is 16.8. The molecule has 0 radical (unpaired) electrons. The average Bonchev–Trinajstić information content (AvgIpc) is 2.55. The molecule has 0 saturated carbocycles. The molecule has 2 aromatic carbocycles. The van der Waals surface area contributed by atoms with Crippen LogP contribution in [0.1, 0.15) is 30.9 Å². The lowest BCUT2D eigenvalue weighted by Crippen LogP contribution is -2.30. The van der Waals surface area contributed by atoms with Crippen LogP contribution in [0.2, 0.25) is 0 Å². The van der Waals surface area contributed by atoms with Gasteiger partial charge in [-0.3, -0.25) is 4.79 Å². The predicted octanol–water partition coefficient (Wildman–Crippen LogP) is 3.99. The van der Waals surface area contributed by atoms with Gasteiger partial charge in [-0.05, 0) is 48.2 Å². The van der Waals surface area contributed by atoms with Gasteiger partial charge < -0.3 is 10.2 Å². The van der Waals surface area contributed by atoms with Crippen molar-refractivity contribution in [2.45, 2.75) is 32.7 Å². The highest BCUT2D eigenvalue weighted by atomic mass is 16.1. The Bertz CT molecular complexity index is 649. The van der Waals surface area contributed by atoms with Gasteiger partial charge in [0, 0.05) is 30.9 Å². The minimum atomic E-state index is 0.0853. The second kappa shape index (κ2) is 6.65. The number of fused-ring (bicyclic) bond motifs is 1. The number of hydrogen-bond donors (Lipinski definition) is 1. The Morgan fingerprint density at radius 3 is 2.55 bits per heavy atom. The van der Waals surface area contributed by atoms with Crippen LogP contribution < -0.4 is 10.2 Å². The summed E-state index contributed by atoms with van der Waals surface area (Å²) in [5.41, 5.74) is 4.96. The van der Waals surface area contributed by atoms with Crippen LogP contribution in [0.5, 0.6) is 0 Å². The highest BCUT2D eigenvalue weighted by molar-refractivity contribution is 5.90. The second-order valence-corrected chi connectivity index (χ2v) is 5.79. The standard InChI is InChI=1S/C19H22N2O/c1-2-5-19(22)20-17-8-10-18(11-9-17)21-13-12-15-6-3-4-7-16(15)14-21/h3-4,6-11H,2,5,12-14H2,1H3,(H,20,22). The summed E-state index contributed by atoms with van der Waals surface area (Å²) in [5, 5.41) is 2.93. The van der Waals surface area contributed by atoms with Gasteiger partial charge in [-0.2, -0.15) is 0 Å². The maximum atomic E-state index is 11.6. The quantitative estimate of drug-likeness (QED) is 0.924. The first-order chi connectivity index (χ1) is 10.8. The Hall–Kier alpha value is -2.29. The molecule has 3 nitrogen and oxygen atoms in total. The monoisotopic (exact) mass is 294 g/mol. The molecule has 1 heterocycles. The van der Waals surface area contributed by atoms with Gasteiger partial charge in [0.2, 0.25) is 5.91 Å². The highest BCUT2D eigenvalue weighted by Gasteiger charge is 2.15. The lowest BCUT2D eigenvalue weighted by atomic mass is 9.99. The molecule has 0 unspecified atom stereocenters. The summed E-state index contributed by atoms with van der Waals surface area (Å²) in [5.74, 6) is 0.0853. The second-order valence-electron chi connectivity index (χ2n) is 5.79. The zero-order valence-corrected chi connectivity index (χ0v) is 13.0. The third kappa shape index (κ3) is 3.30. The molecule has 0 aromatic heterocycles. The molecule has 0 bridgehead atoms. The van der Waals surface area contributed by atoms with Crippen LogP contribution in [0.25, 0.3) is 0 Å². The molecular weight excluding hydrogens is 272 g/mol. The molecule has 0 fully saturated rings. The number of anilines is 2. The smallest absolute Gasteiger partial charge is 0.224 e. The Morgan fingerprint density at radius 1 is 1.09 bits per heavy atom. The molecule has 1 N–H and O–H groups in total. The van der Waals surface area contributed by atoms with E-state index in [0.29, 0.717) is 6.42 Å². The minimum Gasteiger partial charge on any atom is -0.367 e. The molecule has 0 spiro atoms. The maximum absolute atomic E-state index is 11.6. The fraction of sp³-hybridized carbons (Fsp3) is 0.316. The van der Waals surface area contributed by atoms with Crippen LogP contribution in [0.15, 0.2) is 48.5 Å². The fourth-order valence-electron chi connectivity index (χ4n) is 2.92. The summed E-state index contributed by atoms with van der Waals surface area (Å²) in [6.07, 6.45) is 2.53. The van der Waals surface area contributed by atoms with Gasteiger partial charge in [0.05, 0.1) is 0 Å². The largest absolute Gasteiger partial charge is 0.367 e. The van der Waals surface area contributed by atoms with Crippen molar-refractivity contribution in [2.75, 3.05) is 16.8 Å². The van der Waals surface area contributed by atoms with Crippen LogP contribution in [0, 0.1) is 0 Å². The molecule has 22 heavy (non-hydrogen) atoms. The van der Waals surface area contributed by atoms with Crippen molar-refractivity contribution >= 4 is 17.3 Å². The van der Waals surface area contributed by atoms with Gasteiger partial charge in [-0.25, -0.2) is 0 Å². The lowest BCUT2D eigenvalue weighted by molar-refractivity contribution is -0.116. The van der Waals surface area contributed by atoms with E-state index in [2.05, 4.69) is 46.6 Å². The highest BCUT2D eigenvalue weighted by Crippen LogP contribution is 2.25. The molecule has 1 aliphatic rings. The zero-order chi connectivity index (χ0) is 15.4. The number of hydrogen-bond acceptors (Lipinski definition) is 2. The van der Waals surface area contributed by atoms with Gasteiger partial charge >= 0.3 is 0 Å². The molecule has 114 valence electrons. The predicted molar refractivity (Wildman–Crippen MR) is 91.2 cm³/mol. The molecule has 0 atom stereocenters. The van der Waals surface area contributed by atoms with E-state index in [1.807, 2.05) is 19.1 Å². The Morgan fingerprint density at radius 2 is 1.82 bits per heavy atom. The third-order valence-corrected chi connectivity index (χ3v) is 4.12. The fourth-order valence-corrected chi connectivity index (χ4v) is 2.92. The van der Waals surface area contributed by atoms with E-state index in [1.165, 1.54) is 16.8 Å². The van der Waals surface area contributed by atoms with Crippen molar-refractivity contribution < 1.29 is 4.79 Å². The molecule has 2 aromatic rings. The van der Waals surface area contributed by atoms with E-state index in [-0.39, 0.29) is 5.91 Å². The maximum Gasteiger partial charge on any atom is 0.224 e. The third-order valence-electron chi connectivity index (χ3n) is 4.12. The van der Waals surface area contributed by atoms with E-state index < -0.39 is 0 Å². The molecular formula is C19H22N2O. The summed E-state index contributed by atoms with van der Waals surface area (Å²) >= 11 is 0. The van der Waals surface area contributed by atoms with E-state index in [0.717, 1.165) is 31.6 Å². The first-order valence-electron chi connectivity index (χ1n) is 7.98. The number of carbonyl (C=O) groups excluding carboxylic acids is 1. The normalized spacial score (nSPS) is 13.6. The Kier molecular flexibility index (Phi) is 4.42. The number of amides is 1.